The number of hydrogen-bond acceptors (Lipinski definition) is 4. The van der Waals surface area contributed by atoms with E-state index in [2.05, 4.69) is 31.9 Å². The first-order valence-electron chi connectivity index (χ1n) is 8.91. The Morgan fingerprint density at radius 1 is 1.03 bits per heavy atom. The Morgan fingerprint density at radius 2 is 1.76 bits per heavy atom. The van der Waals surface area contributed by atoms with Crippen LogP contribution in [0.15, 0.2) is 46.9 Å². The molecule has 0 aliphatic rings. The zero-order valence-electron chi connectivity index (χ0n) is 15.8. The van der Waals surface area contributed by atoms with E-state index in [1.807, 2.05) is 6.92 Å². The fourth-order valence-electron chi connectivity index (χ4n) is 2.33. The zero-order chi connectivity index (χ0) is 21.2. The number of carbonyl (C=O) groups excluding carboxylic acids is 3. The molecule has 0 atom stereocenters. The molecule has 3 N–H and O–H groups in total. The van der Waals surface area contributed by atoms with Gasteiger partial charge >= 0.3 is 0 Å². The highest BCUT2D eigenvalue weighted by molar-refractivity contribution is 9.10. The molecule has 0 saturated carbocycles. The van der Waals surface area contributed by atoms with Crippen LogP contribution < -0.4 is 20.7 Å². The van der Waals surface area contributed by atoms with Crippen LogP contribution in [-0.2, 0) is 9.59 Å². The molecule has 2 rings (SSSR count). The van der Waals surface area contributed by atoms with Crippen LogP contribution in [0.5, 0.6) is 5.75 Å². The maximum atomic E-state index is 13.2. The van der Waals surface area contributed by atoms with E-state index in [0.29, 0.717) is 22.5 Å². The number of ether oxygens (including phenoxy) is 1. The van der Waals surface area contributed by atoms with Gasteiger partial charge in [0.05, 0.1) is 18.7 Å². The number of anilines is 1. The van der Waals surface area contributed by atoms with Gasteiger partial charge < -0.3 is 20.7 Å². The Hall–Kier alpha value is -2.94. The topological polar surface area (TPSA) is 96.5 Å². The minimum absolute atomic E-state index is 0.0188. The van der Waals surface area contributed by atoms with Crippen molar-refractivity contribution in [2.45, 2.75) is 13.3 Å². The standard InChI is InChI=1S/C20H21BrFN3O4/c1-2-29-15-6-4-14(5-7-15)25-19(27)12-24-18(26)9-10-23-20(28)16-11-13(22)3-8-17(16)21/h3-8,11H,2,9-10,12H2,1H3,(H,23,28)(H,24,26)(H,25,27). The monoisotopic (exact) mass is 465 g/mol. The smallest absolute Gasteiger partial charge is 0.252 e. The van der Waals surface area contributed by atoms with Crippen molar-refractivity contribution in [2.24, 2.45) is 0 Å². The number of rotatable bonds is 9. The van der Waals surface area contributed by atoms with Crippen LogP contribution in [0.1, 0.15) is 23.7 Å². The first kappa shape index (κ1) is 22.4. The molecular weight excluding hydrogens is 445 g/mol. The van der Waals surface area contributed by atoms with Gasteiger partial charge in [0.2, 0.25) is 11.8 Å². The fourth-order valence-corrected chi connectivity index (χ4v) is 2.76. The molecule has 0 aromatic heterocycles. The number of hydrogen-bond donors (Lipinski definition) is 3. The van der Waals surface area contributed by atoms with E-state index < -0.39 is 17.6 Å². The Labute approximate surface area is 176 Å². The third kappa shape index (κ3) is 7.53. The van der Waals surface area contributed by atoms with Crippen LogP contribution >= 0.6 is 15.9 Å². The molecule has 9 heteroatoms. The Balaban J connectivity index is 1.69. The summed E-state index contributed by atoms with van der Waals surface area (Å²) in [5.41, 5.74) is 0.723. The van der Waals surface area contributed by atoms with Crippen molar-refractivity contribution < 1.29 is 23.5 Å². The average Bonchev–Trinajstić information content (AvgIpc) is 2.70. The van der Waals surface area contributed by atoms with Crippen molar-refractivity contribution >= 4 is 39.3 Å². The summed E-state index contributed by atoms with van der Waals surface area (Å²) in [5, 5.41) is 7.66. The summed E-state index contributed by atoms with van der Waals surface area (Å²) in [5.74, 6) is -1.11. The summed E-state index contributed by atoms with van der Waals surface area (Å²) in [6.07, 6.45) is -0.0188. The summed E-state index contributed by atoms with van der Waals surface area (Å²) in [6, 6.07) is 10.6. The molecule has 2 aromatic carbocycles. The second-order valence-corrected chi connectivity index (χ2v) is 6.77. The molecule has 0 aliphatic heterocycles. The molecule has 3 amide bonds. The number of amides is 3. The quantitative estimate of drug-likeness (QED) is 0.530. The first-order chi connectivity index (χ1) is 13.9. The minimum Gasteiger partial charge on any atom is -0.494 e. The highest BCUT2D eigenvalue weighted by atomic mass is 79.9. The number of nitrogens with one attached hydrogen (secondary N) is 3. The fraction of sp³-hybridized carbons (Fsp3) is 0.250. The lowest BCUT2D eigenvalue weighted by Crippen LogP contribution is -2.35. The predicted molar refractivity (Wildman–Crippen MR) is 110 cm³/mol. The van der Waals surface area contributed by atoms with E-state index in [1.165, 1.54) is 12.1 Å². The van der Waals surface area contributed by atoms with E-state index in [-0.39, 0.29) is 31.0 Å². The summed E-state index contributed by atoms with van der Waals surface area (Å²) in [4.78, 5) is 35.7. The van der Waals surface area contributed by atoms with Gasteiger partial charge in [0.15, 0.2) is 0 Å². The summed E-state index contributed by atoms with van der Waals surface area (Å²) in [6.45, 7) is 2.28. The van der Waals surface area contributed by atoms with Crippen molar-refractivity contribution in [1.29, 1.82) is 0 Å². The molecule has 0 aliphatic carbocycles. The maximum absolute atomic E-state index is 13.2. The van der Waals surface area contributed by atoms with Crippen LogP contribution in [-0.4, -0.2) is 37.4 Å². The summed E-state index contributed by atoms with van der Waals surface area (Å²) < 4.78 is 19.0. The highest BCUT2D eigenvalue weighted by Gasteiger charge is 2.12. The molecule has 0 spiro atoms. The number of halogens is 2. The molecule has 0 heterocycles. The molecule has 0 bridgehead atoms. The highest BCUT2D eigenvalue weighted by Crippen LogP contribution is 2.17. The van der Waals surface area contributed by atoms with Gasteiger partial charge in [-0.15, -0.1) is 0 Å². The normalized spacial score (nSPS) is 10.2. The minimum atomic E-state index is -0.533. The van der Waals surface area contributed by atoms with Crippen LogP contribution in [0.3, 0.4) is 0 Å². The molecule has 0 fully saturated rings. The second-order valence-electron chi connectivity index (χ2n) is 5.91. The largest absolute Gasteiger partial charge is 0.494 e. The Kier molecular flexibility index (Phi) is 8.60. The van der Waals surface area contributed by atoms with Gasteiger partial charge in [-0.25, -0.2) is 4.39 Å². The molecule has 0 radical (unpaired) electrons. The number of benzene rings is 2. The van der Waals surface area contributed by atoms with E-state index >= 15 is 0 Å². The van der Waals surface area contributed by atoms with Gasteiger partial charge in [0, 0.05) is 23.1 Å². The van der Waals surface area contributed by atoms with E-state index in [9.17, 15) is 18.8 Å². The molecule has 29 heavy (non-hydrogen) atoms. The lowest BCUT2D eigenvalue weighted by Gasteiger charge is -2.09. The van der Waals surface area contributed by atoms with Crippen LogP contribution in [0.2, 0.25) is 0 Å². The molecule has 0 saturated heterocycles. The molecule has 7 nitrogen and oxygen atoms in total. The van der Waals surface area contributed by atoms with E-state index in [4.69, 9.17) is 4.74 Å². The van der Waals surface area contributed by atoms with Crippen molar-refractivity contribution in [1.82, 2.24) is 10.6 Å². The number of carbonyl (C=O) groups is 3. The Morgan fingerprint density at radius 3 is 2.45 bits per heavy atom. The first-order valence-corrected chi connectivity index (χ1v) is 9.71. The molecular formula is C20H21BrFN3O4. The average molecular weight is 466 g/mol. The third-order valence-corrected chi connectivity index (χ3v) is 4.40. The van der Waals surface area contributed by atoms with Gasteiger partial charge in [0.1, 0.15) is 11.6 Å². The van der Waals surface area contributed by atoms with Crippen molar-refractivity contribution in [3.63, 3.8) is 0 Å². The lowest BCUT2D eigenvalue weighted by molar-refractivity contribution is -0.124. The third-order valence-electron chi connectivity index (χ3n) is 3.71. The molecule has 154 valence electrons. The molecule has 0 unspecified atom stereocenters. The van der Waals surface area contributed by atoms with Gasteiger partial charge in [-0.05, 0) is 65.3 Å². The molecule has 2 aromatic rings. The zero-order valence-corrected chi connectivity index (χ0v) is 17.3. The van der Waals surface area contributed by atoms with Crippen molar-refractivity contribution in [3.05, 3.63) is 58.3 Å². The van der Waals surface area contributed by atoms with Gasteiger partial charge in [-0.2, -0.15) is 0 Å². The second kappa shape index (κ2) is 11.2. The maximum Gasteiger partial charge on any atom is 0.252 e. The Bertz CT molecular complexity index is 875. The van der Waals surface area contributed by atoms with Crippen LogP contribution in [0.4, 0.5) is 10.1 Å². The van der Waals surface area contributed by atoms with E-state index in [0.717, 1.165) is 6.07 Å². The van der Waals surface area contributed by atoms with Crippen LogP contribution in [0, 0.1) is 5.82 Å². The lowest BCUT2D eigenvalue weighted by atomic mass is 10.2. The van der Waals surface area contributed by atoms with Gasteiger partial charge in [-0.3, -0.25) is 14.4 Å². The van der Waals surface area contributed by atoms with Gasteiger partial charge in [-0.1, -0.05) is 0 Å². The predicted octanol–water partition coefficient (Wildman–Crippen LogP) is 2.86. The summed E-state index contributed by atoms with van der Waals surface area (Å²) in [7, 11) is 0. The van der Waals surface area contributed by atoms with Gasteiger partial charge in [0.25, 0.3) is 5.91 Å². The van der Waals surface area contributed by atoms with Crippen molar-refractivity contribution in [3.8, 4) is 5.75 Å². The SMILES string of the molecule is CCOc1ccc(NC(=O)CNC(=O)CCNC(=O)c2cc(F)ccc2Br)cc1. The van der Waals surface area contributed by atoms with Crippen molar-refractivity contribution in [2.75, 3.05) is 25.0 Å². The van der Waals surface area contributed by atoms with Crippen LogP contribution in [0.25, 0.3) is 0 Å². The van der Waals surface area contributed by atoms with E-state index in [1.54, 1.807) is 24.3 Å². The summed E-state index contributed by atoms with van der Waals surface area (Å²) >= 11 is 3.17.